The Morgan fingerprint density at radius 2 is 2.09 bits per heavy atom. The molecule has 0 spiro atoms. The van der Waals surface area contributed by atoms with Gasteiger partial charge in [0.15, 0.2) is 0 Å². The Morgan fingerprint density at radius 3 is 2.96 bits per heavy atom. The molecule has 4 atom stereocenters. The van der Waals surface area contributed by atoms with E-state index >= 15 is 0 Å². The van der Waals surface area contributed by atoms with Crippen molar-refractivity contribution in [3.8, 4) is 0 Å². The summed E-state index contributed by atoms with van der Waals surface area (Å²) in [4.78, 5) is 15.3. The van der Waals surface area contributed by atoms with E-state index in [1.165, 1.54) is 5.56 Å². The highest BCUT2D eigenvalue weighted by molar-refractivity contribution is 7.99. The Hall–Kier alpha value is -1.08. The zero-order valence-corrected chi connectivity index (χ0v) is 14.0. The van der Waals surface area contributed by atoms with Crippen LogP contribution in [0.4, 0.5) is 0 Å². The lowest BCUT2D eigenvalue weighted by Gasteiger charge is -2.38. The molecule has 3 fully saturated rings. The Kier molecular flexibility index (Phi) is 4.57. The summed E-state index contributed by atoms with van der Waals surface area (Å²) in [5.41, 5.74) is 7.87. The first-order valence-electron chi connectivity index (χ1n) is 8.49. The molecule has 1 amide bonds. The van der Waals surface area contributed by atoms with E-state index in [0.29, 0.717) is 12.0 Å². The quantitative estimate of drug-likeness (QED) is 0.746. The van der Waals surface area contributed by atoms with Gasteiger partial charge in [-0.2, -0.15) is 11.8 Å². The highest BCUT2D eigenvalue weighted by Crippen LogP contribution is 2.32. The second kappa shape index (κ2) is 6.81. The highest BCUT2D eigenvalue weighted by Gasteiger charge is 2.44. The standard InChI is InChI=1S/C17H24N4OS/c22-17(16-13-10-18-7-6-14(13)19-20-16)21-8-9-23-11-15(21)12-4-2-1-3-5-12/h1-5,13-16,18-20H,6-11H2. The second-order valence-electron chi connectivity index (χ2n) is 6.56. The molecule has 0 radical (unpaired) electrons. The summed E-state index contributed by atoms with van der Waals surface area (Å²) in [5, 5.41) is 3.43. The van der Waals surface area contributed by atoms with Crippen molar-refractivity contribution in [2.45, 2.75) is 24.5 Å². The van der Waals surface area contributed by atoms with Crippen molar-refractivity contribution in [3.05, 3.63) is 35.9 Å². The average Bonchev–Trinajstić information content (AvgIpc) is 3.06. The summed E-state index contributed by atoms with van der Waals surface area (Å²) < 4.78 is 0. The van der Waals surface area contributed by atoms with Crippen molar-refractivity contribution in [1.82, 2.24) is 21.1 Å². The van der Waals surface area contributed by atoms with Crippen molar-refractivity contribution in [1.29, 1.82) is 0 Å². The van der Waals surface area contributed by atoms with Crippen molar-refractivity contribution in [3.63, 3.8) is 0 Å². The van der Waals surface area contributed by atoms with E-state index in [1.54, 1.807) is 0 Å². The van der Waals surface area contributed by atoms with E-state index in [4.69, 9.17) is 0 Å². The molecular weight excluding hydrogens is 308 g/mol. The lowest BCUT2D eigenvalue weighted by molar-refractivity contribution is -0.136. The third kappa shape index (κ3) is 3.01. The summed E-state index contributed by atoms with van der Waals surface area (Å²) in [7, 11) is 0. The highest BCUT2D eigenvalue weighted by atomic mass is 32.2. The van der Waals surface area contributed by atoms with E-state index < -0.39 is 0 Å². The van der Waals surface area contributed by atoms with E-state index in [9.17, 15) is 4.79 Å². The number of carbonyl (C=O) groups excluding carboxylic acids is 1. The van der Waals surface area contributed by atoms with Crippen LogP contribution < -0.4 is 16.2 Å². The number of benzene rings is 1. The molecule has 5 nitrogen and oxygen atoms in total. The van der Waals surface area contributed by atoms with Crippen LogP contribution in [0.25, 0.3) is 0 Å². The number of hydrazine groups is 1. The van der Waals surface area contributed by atoms with Gasteiger partial charge in [0.2, 0.25) is 5.91 Å². The van der Waals surface area contributed by atoms with E-state index in [0.717, 1.165) is 37.6 Å². The molecular formula is C17H24N4OS. The number of amides is 1. The molecule has 1 aromatic rings. The first kappa shape index (κ1) is 15.4. The van der Waals surface area contributed by atoms with E-state index in [-0.39, 0.29) is 18.0 Å². The average molecular weight is 332 g/mol. The zero-order valence-electron chi connectivity index (χ0n) is 13.2. The molecule has 3 heterocycles. The maximum atomic E-state index is 13.2. The van der Waals surface area contributed by atoms with Crippen LogP contribution in [0.3, 0.4) is 0 Å². The first-order chi connectivity index (χ1) is 11.3. The molecule has 6 heteroatoms. The molecule has 0 bridgehead atoms. The molecule has 23 heavy (non-hydrogen) atoms. The number of nitrogens with zero attached hydrogens (tertiary/aromatic N) is 1. The predicted molar refractivity (Wildman–Crippen MR) is 93.0 cm³/mol. The second-order valence-corrected chi connectivity index (χ2v) is 7.71. The smallest absolute Gasteiger partial charge is 0.242 e. The van der Waals surface area contributed by atoms with Gasteiger partial charge in [0.05, 0.1) is 6.04 Å². The predicted octanol–water partition coefficient (Wildman–Crippen LogP) is 0.758. The Bertz CT molecular complexity index is 555. The summed E-state index contributed by atoms with van der Waals surface area (Å²) >= 11 is 1.94. The van der Waals surface area contributed by atoms with Crippen LogP contribution in [-0.2, 0) is 4.79 Å². The minimum Gasteiger partial charge on any atom is -0.333 e. The van der Waals surface area contributed by atoms with Gasteiger partial charge < -0.3 is 10.2 Å². The first-order valence-corrected chi connectivity index (χ1v) is 9.65. The van der Waals surface area contributed by atoms with E-state index in [1.807, 2.05) is 17.8 Å². The van der Waals surface area contributed by atoms with Gasteiger partial charge in [-0.1, -0.05) is 30.3 Å². The van der Waals surface area contributed by atoms with Crippen molar-refractivity contribution in [2.24, 2.45) is 5.92 Å². The number of hydrogen-bond donors (Lipinski definition) is 3. The molecule has 3 aliphatic rings. The van der Waals surface area contributed by atoms with Gasteiger partial charge in [-0.05, 0) is 18.5 Å². The van der Waals surface area contributed by atoms with Crippen LogP contribution in [0, 0.1) is 5.92 Å². The molecule has 0 saturated carbocycles. The number of fused-ring (bicyclic) bond motifs is 1. The minimum atomic E-state index is -0.109. The normalized spacial score (nSPS) is 34.2. The topological polar surface area (TPSA) is 56.4 Å². The number of rotatable bonds is 2. The largest absolute Gasteiger partial charge is 0.333 e. The lowest BCUT2D eigenvalue weighted by Crippen LogP contribution is -2.53. The Labute approximate surface area is 141 Å². The van der Waals surface area contributed by atoms with Crippen LogP contribution in [0.15, 0.2) is 30.3 Å². The monoisotopic (exact) mass is 332 g/mol. The SMILES string of the molecule is O=C(C1NNC2CCNCC21)N1CCSCC1c1ccccc1. The molecule has 4 unspecified atom stereocenters. The van der Waals surface area contributed by atoms with Gasteiger partial charge in [-0.15, -0.1) is 0 Å². The van der Waals surface area contributed by atoms with Gasteiger partial charge >= 0.3 is 0 Å². The van der Waals surface area contributed by atoms with Gasteiger partial charge in [0, 0.05) is 36.6 Å². The van der Waals surface area contributed by atoms with Crippen LogP contribution >= 0.6 is 11.8 Å². The van der Waals surface area contributed by atoms with Gasteiger partial charge in [0.25, 0.3) is 0 Å². The lowest BCUT2D eigenvalue weighted by atomic mass is 9.88. The number of carbonyl (C=O) groups is 1. The van der Waals surface area contributed by atoms with Crippen LogP contribution in [0.5, 0.6) is 0 Å². The molecule has 1 aromatic carbocycles. The maximum absolute atomic E-state index is 13.2. The third-order valence-electron chi connectivity index (χ3n) is 5.24. The third-order valence-corrected chi connectivity index (χ3v) is 6.27. The fourth-order valence-electron chi connectivity index (χ4n) is 3.96. The Balaban J connectivity index is 1.54. The molecule has 3 saturated heterocycles. The summed E-state index contributed by atoms with van der Waals surface area (Å²) in [6.45, 7) is 2.79. The summed E-state index contributed by atoms with van der Waals surface area (Å²) in [5.74, 6) is 2.62. The molecule has 124 valence electrons. The summed E-state index contributed by atoms with van der Waals surface area (Å²) in [6, 6.07) is 10.9. The molecule has 3 N–H and O–H groups in total. The van der Waals surface area contributed by atoms with Crippen molar-refractivity contribution >= 4 is 17.7 Å². The number of hydrogen-bond acceptors (Lipinski definition) is 5. The van der Waals surface area contributed by atoms with Crippen LogP contribution in [0.1, 0.15) is 18.0 Å². The molecule has 0 aliphatic carbocycles. The molecule has 0 aromatic heterocycles. The Morgan fingerprint density at radius 1 is 1.22 bits per heavy atom. The van der Waals surface area contributed by atoms with Gasteiger partial charge in [-0.3, -0.25) is 10.2 Å². The number of piperidine rings is 1. The van der Waals surface area contributed by atoms with Crippen LogP contribution in [0.2, 0.25) is 0 Å². The number of nitrogens with one attached hydrogen (secondary N) is 3. The van der Waals surface area contributed by atoms with Crippen LogP contribution in [-0.4, -0.2) is 54.0 Å². The minimum absolute atomic E-state index is 0.109. The van der Waals surface area contributed by atoms with E-state index in [2.05, 4.69) is 45.3 Å². The number of thioether (sulfide) groups is 1. The summed E-state index contributed by atoms with van der Waals surface area (Å²) in [6.07, 6.45) is 1.08. The molecule has 4 rings (SSSR count). The molecule has 3 aliphatic heterocycles. The fourth-order valence-corrected chi connectivity index (χ4v) is 5.05. The van der Waals surface area contributed by atoms with Crippen molar-refractivity contribution in [2.75, 3.05) is 31.1 Å². The van der Waals surface area contributed by atoms with Gasteiger partial charge in [0.1, 0.15) is 6.04 Å². The maximum Gasteiger partial charge on any atom is 0.242 e. The van der Waals surface area contributed by atoms with Crippen molar-refractivity contribution < 1.29 is 4.79 Å². The fraction of sp³-hybridized carbons (Fsp3) is 0.588. The zero-order chi connectivity index (χ0) is 15.6. The van der Waals surface area contributed by atoms with Gasteiger partial charge in [-0.25, -0.2) is 5.43 Å².